The van der Waals surface area contributed by atoms with Crippen LogP contribution in [-0.4, -0.2) is 65.2 Å². The number of fused-ring (bicyclic) bond motifs is 3. The zero-order chi connectivity index (χ0) is 21.8. The Morgan fingerprint density at radius 2 is 1.71 bits per heavy atom. The number of amides is 2. The molecule has 1 unspecified atom stereocenters. The fourth-order valence-electron chi connectivity index (χ4n) is 4.25. The van der Waals surface area contributed by atoms with Crippen molar-refractivity contribution >= 4 is 29.7 Å². The maximum atomic E-state index is 12.5. The molecule has 1 aliphatic carbocycles. The number of nitrogens with zero attached hydrogens (tertiary/aromatic N) is 1. The van der Waals surface area contributed by atoms with Gasteiger partial charge in [0.2, 0.25) is 5.91 Å². The largest absolute Gasteiger partial charge is 0.481 e. The maximum absolute atomic E-state index is 12.5. The number of rotatable bonds is 6. The molecule has 0 spiro atoms. The van der Waals surface area contributed by atoms with Crippen LogP contribution in [-0.2, 0) is 14.3 Å². The minimum Gasteiger partial charge on any atom is -0.481 e. The number of hydrogen-bond donors (Lipinski definition) is 2. The molecule has 1 aliphatic heterocycles. The van der Waals surface area contributed by atoms with Crippen molar-refractivity contribution in [1.29, 1.82) is 0 Å². The lowest BCUT2D eigenvalue weighted by Gasteiger charge is -2.34. The van der Waals surface area contributed by atoms with E-state index in [0.29, 0.717) is 12.3 Å². The molecule has 162 valence electrons. The summed E-state index contributed by atoms with van der Waals surface area (Å²) in [6.45, 7) is 0.446. The van der Waals surface area contributed by atoms with Crippen LogP contribution in [0.3, 0.4) is 0 Å². The average Bonchev–Trinajstić information content (AvgIpc) is 3.10. The lowest BCUT2D eigenvalue weighted by Crippen LogP contribution is -2.50. The van der Waals surface area contributed by atoms with Crippen LogP contribution in [0.5, 0.6) is 0 Å². The zero-order valence-electron chi connectivity index (χ0n) is 17.0. The van der Waals surface area contributed by atoms with Gasteiger partial charge in [-0.3, -0.25) is 9.59 Å². The minimum absolute atomic E-state index is 0.0482. The predicted octanol–water partition coefficient (Wildman–Crippen LogP) is 2.94. The molecule has 0 saturated carbocycles. The monoisotopic (exact) mass is 440 g/mol. The topological polar surface area (TPSA) is 95.9 Å². The van der Waals surface area contributed by atoms with Crippen LogP contribution in [0.4, 0.5) is 4.79 Å². The van der Waals surface area contributed by atoms with Crippen molar-refractivity contribution in [3.8, 4) is 11.1 Å². The van der Waals surface area contributed by atoms with Crippen molar-refractivity contribution in [3.05, 3.63) is 59.7 Å². The van der Waals surface area contributed by atoms with E-state index in [1.807, 2.05) is 36.4 Å². The molecule has 4 rings (SSSR count). The van der Waals surface area contributed by atoms with Crippen LogP contribution in [0.2, 0.25) is 0 Å². The SMILES string of the molecule is O=C(O)CC1CSCCN1C(=O)CNC(=O)OCC1c2ccccc2-c2ccccc21. The minimum atomic E-state index is -0.935. The third kappa shape index (κ3) is 4.69. The van der Waals surface area contributed by atoms with Crippen molar-refractivity contribution in [2.24, 2.45) is 0 Å². The van der Waals surface area contributed by atoms with Gasteiger partial charge in [0.1, 0.15) is 13.2 Å². The van der Waals surface area contributed by atoms with Gasteiger partial charge in [0.05, 0.1) is 12.5 Å². The van der Waals surface area contributed by atoms with Crippen LogP contribution in [0.25, 0.3) is 11.1 Å². The Balaban J connectivity index is 1.33. The summed E-state index contributed by atoms with van der Waals surface area (Å²) in [6, 6.07) is 15.8. The number of aliphatic carboxylic acids is 1. The van der Waals surface area contributed by atoms with Gasteiger partial charge in [0.15, 0.2) is 0 Å². The lowest BCUT2D eigenvalue weighted by atomic mass is 9.98. The summed E-state index contributed by atoms with van der Waals surface area (Å²) in [6.07, 6.45) is -0.750. The molecule has 2 amide bonds. The molecule has 2 aromatic carbocycles. The number of carboxylic acid groups (broad SMARTS) is 1. The van der Waals surface area contributed by atoms with Gasteiger partial charge in [-0.15, -0.1) is 0 Å². The summed E-state index contributed by atoms with van der Waals surface area (Å²) in [5.41, 5.74) is 4.54. The molecule has 1 fully saturated rings. The number of carbonyl (C=O) groups is 3. The quantitative estimate of drug-likeness (QED) is 0.717. The number of thioether (sulfide) groups is 1. The Bertz CT molecular complexity index is 950. The standard InChI is InChI=1S/C23H24N2O5S/c26-21(25-9-10-31-14-15(25)11-22(27)28)12-24-23(29)30-13-20-18-7-3-1-5-16(18)17-6-2-4-8-19(17)20/h1-8,15,20H,9-14H2,(H,24,29)(H,27,28). The molecule has 0 aromatic heterocycles. The van der Waals surface area contributed by atoms with Crippen molar-refractivity contribution in [1.82, 2.24) is 10.2 Å². The number of ether oxygens (including phenoxy) is 1. The molecule has 1 saturated heterocycles. The summed E-state index contributed by atoms with van der Waals surface area (Å²) < 4.78 is 5.45. The number of carboxylic acids is 1. The summed E-state index contributed by atoms with van der Waals surface area (Å²) >= 11 is 1.63. The fourth-order valence-corrected chi connectivity index (χ4v) is 5.31. The Hall–Kier alpha value is -3.00. The number of alkyl carbamates (subject to hydrolysis) is 1. The van der Waals surface area contributed by atoms with Crippen molar-refractivity contribution in [2.45, 2.75) is 18.4 Å². The van der Waals surface area contributed by atoms with E-state index in [4.69, 9.17) is 9.84 Å². The van der Waals surface area contributed by atoms with Crippen LogP contribution >= 0.6 is 11.8 Å². The van der Waals surface area contributed by atoms with E-state index in [-0.39, 0.29) is 37.4 Å². The number of carbonyl (C=O) groups excluding carboxylic acids is 2. The Morgan fingerprint density at radius 3 is 2.35 bits per heavy atom. The maximum Gasteiger partial charge on any atom is 0.407 e. The first kappa shape index (κ1) is 21.2. The first-order valence-electron chi connectivity index (χ1n) is 10.2. The van der Waals surface area contributed by atoms with Crippen molar-refractivity contribution in [2.75, 3.05) is 31.2 Å². The molecule has 0 radical (unpaired) electrons. The second-order valence-electron chi connectivity index (χ2n) is 7.59. The Labute approximate surface area is 184 Å². The van der Waals surface area contributed by atoms with Gasteiger partial charge in [-0.05, 0) is 22.3 Å². The normalized spacial score (nSPS) is 17.5. The highest BCUT2D eigenvalue weighted by Gasteiger charge is 2.30. The fraction of sp³-hybridized carbons (Fsp3) is 0.348. The molecular formula is C23H24N2O5S. The van der Waals surface area contributed by atoms with E-state index in [1.165, 1.54) is 0 Å². The zero-order valence-corrected chi connectivity index (χ0v) is 17.8. The molecule has 2 aliphatic rings. The molecule has 0 bridgehead atoms. The number of hydrogen-bond acceptors (Lipinski definition) is 5. The average molecular weight is 441 g/mol. The Morgan fingerprint density at radius 1 is 1.06 bits per heavy atom. The first-order chi connectivity index (χ1) is 15.0. The van der Waals surface area contributed by atoms with Gasteiger partial charge in [-0.1, -0.05) is 48.5 Å². The van der Waals surface area contributed by atoms with Gasteiger partial charge >= 0.3 is 12.1 Å². The van der Waals surface area contributed by atoms with Gasteiger partial charge in [0, 0.05) is 24.0 Å². The van der Waals surface area contributed by atoms with E-state index in [2.05, 4.69) is 17.4 Å². The van der Waals surface area contributed by atoms with Gasteiger partial charge in [-0.25, -0.2) is 4.79 Å². The number of benzene rings is 2. The van der Waals surface area contributed by atoms with Crippen LogP contribution in [0, 0.1) is 0 Å². The van der Waals surface area contributed by atoms with E-state index in [1.54, 1.807) is 16.7 Å². The second-order valence-corrected chi connectivity index (χ2v) is 8.74. The molecule has 2 N–H and O–H groups in total. The highest BCUT2D eigenvalue weighted by Crippen LogP contribution is 2.44. The Kier molecular flexibility index (Phi) is 6.46. The third-order valence-electron chi connectivity index (χ3n) is 5.69. The molecule has 8 heteroatoms. The predicted molar refractivity (Wildman–Crippen MR) is 118 cm³/mol. The highest BCUT2D eigenvalue weighted by molar-refractivity contribution is 7.99. The molecule has 1 atom stereocenters. The second kappa shape index (κ2) is 9.43. The van der Waals surface area contributed by atoms with Crippen molar-refractivity contribution in [3.63, 3.8) is 0 Å². The van der Waals surface area contributed by atoms with E-state index >= 15 is 0 Å². The summed E-state index contributed by atoms with van der Waals surface area (Å²) in [4.78, 5) is 37.4. The molecule has 31 heavy (non-hydrogen) atoms. The lowest BCUT2D eigenvalue weighted by molar-refractivity contribution is -0.140. The molecular weight excluding hydrogens is 416 g/mol. The van der Waals surface area contributed by atoms with E-state index in [9.17, 15) is 14.4 Å². The summed E-state index contributed by atoms with van der Waals surface area (Å²) in [5, 5.41) is 11.6. The van der Waals surface area contributed by atoms with E-state index in [0.717, 1.165) is 28.0 Å². The van der Waals surface area contributed by atoms with Gasteiger partial charge in [0.25, 0.3) is 0 Å². The third-order valence-corrected chi connectivity index (χ3v) is 6.78. The number of nitrogens with one attached hydrogen (secondary N) is 1. The van der Waals surface area contributed by atoms with Crippen molar-refractivity contribution < 1.29 is 24.2 Å². The smallest absolute Gasteiger partial charge is 0.407 e. The summed E-state index contributed by atoms with van der Waals surface area (Å²) in [5.74, 6) is 0.0678. The first-order valence-corrected chi connectivity index (χ1v) is 11.4. The molecule has 2 aromatic rings. The van der Waals surface area contributed by atoms with E-state index < -0.39 is 12.1 Å². The van der Waals surface area contributed by atoms with Crippen LogP contribution < -0.4 is 5.32 Å². The van der Waals surface area contributed by atoms with Gasteiger partial charge < -0.3 is 20.1 Å². The summed E-state index contributed by atoms with van der Waals surface area (Å²) in [7, 11) is 0. The molecule has 1 heterocycles. The van der Waals surface area contributed by atoms with Crippen LogP contribution in [0.1, 0.15) is 23.5 Å². The highest BCUT2D eigenvalue weighted by atomic mass is 32.2. The molecule has 7 nitrogen and oxygen atoms in total. The van der Waals surface area contributed by atoms with Gasteiger partial charge in [-0.2, -0.15) is 11.8 Å². The van der Waals surface area contributed by atoms with Crippen LogP contribution in [0.15, 0.2) is 48.5 Å².